The van der Waals surface area contributed by atoms with Crippen LogP contribution in [-0.2, 0) is 0 Å². The van der Waals surface area contributed by atoms with E-state index in [1.807, 2.05) is 42.5 Å². The topological polar surface area (TPSA) is 51.0 Å². The second kappa shape index (κ2) is 11.1. The summed E-state index contributed by atoms with van der Waals surface area (Å²) in [5, 5.41) is 4.42. The summed E-state index contributed by atoms with van der Waals surface area (Å²) >= 11 is 0. The molecule has 0 N–H and O–H groups in total. The van der Waals surface area contributed by atoms with Crippen LogP contribution in [0.3, 0.4) is 0 Å². The van der Waals surface area contributed by atoms with Crippen LogP contribution in [0.25, 0.3) is 60.7 Å². The highest BCUT2D eigenvalue weighted by molar-refractivity contribution is 6.17. The van der Waals surface area contributed by atoms with Crippen LogP contribution < -0.4 is 0 Å². The van der Waals surface area contributed by atoms with Crippen molar-refractivity contribution in [3.63, 3.8) is 0 Å². The van der Waals surface area contributed by atoms with Gasteiger partial charge in [-0.25, -0.2) is 9.98 Å². The first-order chi connectivity index (χ1) is 23.2. The maximum atomic E-state index is 6.29. The van der Waals surface area contributed by atoms with Crippen molar-refractivity contribution in [3.05, 3.63) is 162 Å². The van der Waals surface area contributed by atoms with E-state index < -0.39 is 0 Å². The summed E-state index contributed by atoms with van der Waals surface area (Å²) < 4.78 is 12.5. The molecule has 0 amide bonds. The number of amidine groups is 1. The number of hydrogen-bond acceptors (Lipinski definition) is 4. The summed E-state index contributed by atoms with van der Waals surface area (Å²) in [7, 11) is 0. The predicted octanol–water partition coefficient (Wildman–Crippen LogP) is 11.6. The number of furan rings is 2. The van der Waals surface area contributed by atoms with Gasteiger partial charge in [0.15, 0.2) is 5.84 Å². The van der Waals surface area contributed by atoms with Gasteiger partial charge in [0, 0.05) is 32.7 Å². The largest absolute Gasteiger partial charge is 0.456 e. The number of hydrogen-bond donors (Lipinski definition) is 0. The average Bonchev–Trinajstić information content (AvgIpc) is 3.68. The molecule has 47 heavy (non-hydrogen) atoms. The summed E-state index contributed by atoms with van der Waals surface area (Å²) in [6.45, 7) is 2.19. The van der Waals surface area contributed by atoms with E-state index in [2.05, 4.69) is 104 Å². The van der Waals surface area contributed by atoms with E-state index in [0.29, 0.717) is 5.84 Å². The van der Waals surface area contributed by atoms with Crippen LogP contribution in [0.5, 0.6) is 0 Å². The molecule has 0 atom stereocenters. The monoisotopic (exact) mass is 606 g/mol. The van der Waals surface area contributed by atoms with Crippen LogP contribution in [0.1, 0.15) is 36.5 Å². The van der Waals surface area contributed by atoms with Gasteiger partial charge in [-0.05, 0) is 78.4 Å². The summed E-state index contributed by atoms with van der Waals surface area (Å²) in [6.07, 6.45) is 1.61. The van der Waals surface area contributed by atoms with Gasteiger partial charge in [-0.3, -0.25) is 0 Å². The molecule has 224 valence electrons. The predicted molar refractivity (Wildman–Crippen MR) is 194 cm³/mol. The fourth-order valence-corrected chi connectivity index (χ4v) is 6.70. The van der Waals surface area contributed by atoms with E-state index in [-0.39, 0.29) is 0 Å². The molecule has 6 aromatic carbocycles. The highest BCUT2D eigenvalue weighted by Crippen LogP contribution is 2.34. The van der Waals surface area contributed by atoms with Crippen LogP contribution in [0, 0.1) is 0 Å². The van der Waals surface area contributed by atoms with E-state index >= 15 is 0 Å². The molecule has 3 heterocycles. The third-order valence-electron chi connectivity index (χ3n) is 9.21. The zero-order valence-corrected chi connectivity index (χ0v) is 25.9. The fraction of sp³-hybridized carbons (Fsp3) is 0.0698. The summed E-state index contributed by atoms with van der Waals surface area (Å²) in [4.78, 5) is 10.7. The molecule has 0 unspecified atom stereocenters. The van der Waals surface area contributed by atoms with Gasteiger partial charge < -0.3 is 8.83 Å². The van der Waals surface area contributed by atoms with Gasteiger partial charge in [-0.15, -0.1) is 0 Å². The minimum atomic E-state index is 0.660. The average molecular weight is 607 g/mol. The maximum Gasteiger partial charge on any atom is 0.160 e. The Morgan fingerprint density at radius 2 is 0.936 bits per heavy atom. The van der Waals surface area contributed by atoms with E-state index in [1.165, 1.54) is 16.7 Å². The van der Waals surface area contributed by atoms with Crippen LogP contribution in [0.15, 0.2) is 164 Å². The molecule has 8 aromatic rings. The number of rotatable bonds is 4. The Morgan fingerprint density at radius 1 is 0.426 bits per heavy atom. The molecule has 0 bridgehead atoms. The Morgan fingerprint density at radius 3 is 1.62 bits per heavy atom. The number of nitrogens with zero attached hydrogens (tertiary/aromatic N) is 2. The lowest BCUT2D eigenvalue weighted by molar-refractivity contribution is 0.668. The lowest BCUT2D eigenvalue weighted by Crippen LogP contribution is -2.10. The van der Waals surface area contributed by atoms with Crippen LogP contribution >= 0.6 is 0 Å². The lowest BCUT2D eigenvalue weighted by atomic mass is 9.96. The molecule has 0 fully saturated rings. The Hall–Kier alpha value is -6.00. The molecule has 4 nitrogen and oxygen atoms in total. The fourth-order valence-electron chi connectivity index (χ4n) is 6.70. The molecular weight excluding hydrogens is 576 g/mol. The third-order valence-corrected chi connectivity index (χ3v) is 9.21. The Balaban J connectivity index is 1.19. The molecule has 1 aliphatic rings. The summed E-state index contributed by atoms with van der Waals surface area (Å²) in [5.74, 6) is 0.660. The Kier molecular flexibility index (Phi) is 6.46. The van der Waals surface area contributed by atoms with Gasteiger partial charge in [0.2, 0.25) is 0 Å². The normalized spacial score (nSPS) is 15.6. The maximum absolute atomic E-state index is 6.29. The molecule has 9 rings (SSSR count). The van der Waals surface area contributed by atoms with Gasteiger partial charge in [0.25, 0.3) is 0 Å². The van der Waals surface area contributed by atoms with Gasteiger partial charge in [-0.2, -0.15) is 0 Å². The first-order valence-corrected chi connectivity index (χ1v) is 16.0. The van der Waals surface area contributed by atoms with Gasteiger partial charge in [-0.1, -0.05) is 103 Å². The van der Waals surface area contributed by atoms with Gasteiger partial charge in [0.05, 0.1) is 11.4 Å². The van der Waals surface area contributed by atoms with Crippen molar-refractivity contribution in [3.8, 4) is 11.1 Å². The third kappa shape index (κ3) is 4.86. The standard InChI is InChI=1S/C43H30N2O2/c1-27-15-24-37(31-20-22-35-33-11-5-7-13-38(33)46-40(35)25-31)44-43(32-21-23-36-34-12-6-8-14-39(34)47-41(36)26-32)45-42(27)30-18-16-29(17-19-30)28-9-3-2-4-10-28/h2-14,16-23,25-26H,15,24H2,1H3/b42-27-,44-37?,45-43?. The highest BCUT2D eigenvalue weighted by Gasteiger charge is 2.18. The molecule has 0 radical (unpaired) electrons. The second-order valence-electron chi connectivity index (χ2n) is 12.2. The zero-order valence-electron chi connectivity index (χ0n) is 25.9. The molecular formula is C43H30N2O2. The van der Waals surface area contributed by atoms with Crippen molar-refractivity contribution >= 4 is 61.1 Å². The lowest BCUT2D eigenvalue weighted by Gasteiger charge is -2.16. The molecule has 4 heteroatoms. The summed E-state index contributed by atoms with van der Waals surface area (Å²) in [5.41, 5.74) is 12.0. The Labute approximate surface area is 272 Å². The number of aliphatic imine (C=N–C) groups is 2. The van der Waals surface area contributed by atoms with Crippen LogP contribution in [-0.4, -0.2) is 11.5 Å². The van der Waals surface area contributed by atoms with E-state index in [0.717, 1.165) is 84.8 Å². The molecule has 0 saturated heterocycles. The second-order valence-corrected chi connectivity index (χ2v) is 12.2. The van der Waals surface area contributed by atoms with E-state index in [1.54, 1.807) is 0 Å². The number of allylic oxidation sites excluding steroid dienone is 1. The van der Waals surface area contributed by atoms with Crippen molar-refractivity contribution in [1.82, 2.24) is 0 Å². The number of fused-ring (bicyclic) bond motifs is 6. The van der Waals surface area contributed by atoms with Crippen molar-refractivity contribution in [2.75, 3.05) is 0 Å². The van der Waals surface area contributed by atoms with Crippen LogP contribution in [0.2, 0.25) is 0 Å². The van der Waals surface area contributed by atoms with Gasteiger partial charge in [0.1, 0.15) is 22.3 Å². The molecule has 2 aromatic heterocycles. The van der Waals surface area contributed by atoms with Gasteiger partial charge >= 0.3 is 0 Å². The minimum absolute atomic E-state index is 0.660. The molecule has 1 aliphatic heterocycles. The van der Waals surface area contributed by atoms with Crippen LogP contribution in [0.4, 0.5) is 0 Å². The Bertz CT molecular complexity index is 2560. The molecule has 0 saturated carbocycles. The van der Waals surface area contributed by atoms with Crippen molar-refractivity contribution in [2.24, 2.45) is 9.98 Å². The number of para-hydroxylation sites is 2. The van der Waals surface area contributed by atoms with Crippen molar-refractivity contribution < 1.29 is 8.83 Å². The highest BCUT2D eigenvalue weighted by atomic mass is 16.3. The molecule has 0 spiro atoms. The van der Waals surface area contributed by atoms with E-state index in [9.17, 15) is 0 Å². The SMILES string of the molecule is C/C1=C(\c2ccc(-c3ccccc3)cc2)N=C(c2ccc3c(c2)oc2ccccc23)N=C(c2ccc3c(c2)oc2ccccc23)CC1. The first-order valence-electron chi connectivity index (χ1n) is 16.0. The first kappa shape index (κ1) is 27.3. The zero-order chi connectivity index (χ0) is 31.3. The smallest absolute Gasteiger partial charge is 0.160 e. The van der Waals surface area contributed by atoms with E-state index in [4.69, 9.17) is 18.8 Å². The number of benzene rings is 6. The van der Waals surface area contributed by atoms with Crippen molar-refractivity contribution in [1.29, 1.82) is 0 Å². The molecule has 0 aliphatic carbocycles. The minimum Gasteiger partial charge on any atom is -0.456 e. The summed E-state index contributed by atoms with van der Waals surface area (Å²) in [6, 6.07) is 48.2. The van der Waals surface area contributed by atoms with Crippen molar-refractivity contribution in [2.45, 2.75) is 19.8 Å². The quantitative estimate of drug-likeness (QED) is 0.200.